The summed E-state index contributed by atoms with van der Waals surface area (Å²) in [5, 5.41) is 27.0. The van der Waals surface area contributed by atoms with Crippen molar-refractivity contribution in [3.05, 3.63) is 83.7 Å². The highest BCUT2D eigenvalue weighted by Gasteiger charge is 2.20. The zero-order chi connectivity index (χ0) is 26.2. The zero-order valence-corrected chi connectivity index (χ0v) is 21.3. The maximum absolute atomic E-state index is 13.1. The minimum atomic E-state index is 0.0445. The van der Waals surface area contributed by atoms with Crippen LogP contribution < -0.4 is 10.1 Å². The molecular formula is C30H32N4O3. The molecule has 2 heterocycles. The Kier molecular flexibility index (Phi) is 8.55. The number of hydrogen-bond acceptors (Lipinski definition) is 6. The quantitative estimate of drug-likeness (QED) is 0.209. The largest absolute Gasteiger partial charge is 0.457 e. The average molecular weight is 497 g/mol. The Hall–Kier alpha value is -4.15. The van der Waals surface area contributed by atoms with Gasteiger partial charge in [0, 0.05) is 30.5 Å². The number of nitriles is 1. The van der Waals surface area contributed by atoms with Crippen molar-refractivity contribution < 1.29 is 14.6 Å². The van der Waals surface area contributed by atoms with Crippen LogP contribution in [0.25, 0.3) is 5.52 Å². The number of aliphatic hydroxyl groups excluding tert-OH is 1. The number of aliphatic hydroxyl groups is 1. The first-order valence-corrected chi connectivity index (χ1v) is 12.7. The molecular weight excluding hydrogens is 464 g/mol. The Morgan fingerprint density at radius 2 is 1.86 bits per heavy atom. The molecule has 7 heteroatoms. The number of benzene rings is 2. The van der Waals surface area contributed by atoms with Crippen molar-refractivity contribution in [3.63, 3.8) is 0 Å². The molecule has 0 amide bonds. The number of para-hydroxylation sites is 1. The number of aryl methyl sites for hydroxylation is 1. The van der Waals surface area contributed by atoms with Crippen molar-refractivity contribution in [2.24, 2.45) is 5.92 Å². The lowest BCUT2D eigenvalue weighted by Gasteiger charge is -2.12. The van der Waals surface area contributed by atoms with Gasteiger partial charge in [0.2, 0.25) is 0 Å². The van der Waals surface area contributed by atoms with Crippen molar-refractivity contribution >= 4 is 22.7 Å². The fourth-order valence-electron chi connectivity index (χ4n) is 4.58. The van der Waals surface area contributed by atoms with Gasteiger partial charge in [-0.1, -0.05) is 31.5 Å². The zero-order valence-electron chi connectivity index (χ0n) is 21.3. The van der Waals surface area contributed by atoms with Crippen LogP contribution in [0.5, 0.6) is 11.5 Å². The second kappa shape index (κ2) is 12.2. The highest BCUT2D eigenvalue weighted by Crippen LogP contribution is 2.32. The van der Waals surface area contributed by atoms with E-state index in [4.69, 9.17) is 4.74 Å². The first-order chi connectivity index (χ1) is 18.0. The lowest BCUT2D eigenvalue weighted by atomic mass is 9.96. The van der Waals surface area contributed by atoms with Crippen LogP contribution in [0.2, 0.25) is 0 Å². The summed E-state index contributed by atoms with van der Waals surface area (Å²) in [6.07, 6.45) is 7.21. The minimum Gasteiger partial charge on any atom is -0.457 e. The Morgan fingerprint density at radius 1 is 1.14 bits per heavy atom. The number of nitrogens with one attached hydrogen (secondary N) is 1. The van der Waals surface area contributed by atoms with Gasteiger partial charge < -0.3 is 15.2 Å². The molecule has 4 aromatic rings. The van der Waals surface area contributed by atoms with E-state index in [0.717, 1.165) is 42.7 Å². The molecule has 0 fully saturated rings. The molecule has 37 heavy (non-hydrogen) atoms. The molecule has 4 rings (SSSR count). The maximum Gasteiger partial charge on any atom is 0.164 e. The van der Waals surface area contributed by atoms with E-state index in [1.54, 1.807) is 10.7 Å². The van der Waals surface area contributed by atoms with E-state index < -0.39 is 0 Å². The van der Waals surface area contributed by atoms with Gasteiger partial charge in [0.05, 0.1) is 23.0 Å². The molecule has 0 aliphatic carbocycles. The van der Waals surface area contributed by atoms with Crippen LogP contribution in [0.4, 0.5) is 11.4 Å². The molecule has 0 saturated heterocycles. The summed E-state index contributed by atoms with van der Waals surface area (Å²) >= 11 is 0. The van der Waals surface area contributed by atoms with Crippen LogP contribution in [0.15, 0.2) is 67.0 Å². The van der Waals surface area contributed by atoms with Gasteiger partial charge in [0.1, 0.15) is 17.6 Å². The lowest BCUT2D eigenvalue weighted by molar-refractivity contribution is 0.0974. The van der Waals surface area contributed by atoms with Crippen LogP contribution in [0.3, 0.4) is 0 Å². The highest BCUT2D eigenvalue weighted by atomic mass is 16.5. The van der Waals surface area contributed by atoms with E-state index in [1.807, 2.05) is 61.5 Å². The van der Waals surface area contributed by atoms with Crippen LogP contribution in [0, 0.1) is 24.2 Å². The molecule has 2 aromatic carbocycles. The topological polar surface area (TPSA) is 99.6 Å². The van der Waals surface area contributed by atoms with Crippen molar-refractivity contribution in [1.82, 2.24) is 9.61 Å². The smallest absolute Gasteiger partial charge is 0.164 e. The number of nitrogens with zero attached hydrogens (tertiary/aromatic N) is 3. The second-order valence-electron chi connectivity index (χ2n) is 9.22. The number of anilines is 2. The number of carbonyl (C=O) groups is 1. The molecule has 0 aliphatic rings. The number of Topliss-reactive ketones (excluding diaryl/α,β-unsaturated/α-hetero) is 1. The number of hydrogen-bond donors (Lipinski definition) is 2. The van der Waals surface area contributed by atoms with Gasteiger partial charge in [-0.2, -0.15) is 10.4 Å². The third-order valence-corrected chi connectivity index (χ3v) is 6.55. The fourth-order valence-corrected chi connectivity index (χ4v) is 4.58. The van der Waals surface area contributed by atoms with Crippen LogP contribution >= 0.6 is 0 Å². The predicted octanol–water partition coefficient (Wildman–Crippen LogP) is 6.81. The number of ether oxygens (including phenoxy) is 1. The molecule has 0 radical (unpaired) electrons. The van der Waals surface area contributed by atoms with Crippen LogP contribution in [-0.2, 0) is 0 Å². The average Bonchev–Trinajstić information content (AvgIpc) is 3.26. The summed E-state index contributed by atoms with van der Waals surface area (Å²) in [7, 11) is 0. The van der Waals surface area contributed by atoms with Gasteiger partial charge in [0.15, 0.2) is 5.78 Å². The first-order valence-electron chi connectivity index (χ1n) is 12.7. The fraction of sp³-hybridized carbons (Fsp3) is 0.300. The van der Waals surface area contributed by atoms with Crippen molar-refractivity contribution in [3.8, 4) is 17.6 Å². The Morgan fingerprint density at radius 3 is 2.54 bits per heavy atom. The summed E-state index contributed by atoms with van der Waals surface area (Å²) < 4.78 is 7.53. The van der Waals surface area contributed by atoms with E-state index >= 15 is 0 Å². The summed E-state index contributed by atoms with van der Waals surface area (Å²) in [5.74, 6) is 1.74. The lowest BCUT2D eigenvalue weighted by Crippen LogP contribution is -2.07. The molecule has 0 spiro atoms. The monoisotopic (exact) mass is 496 g/mol. The standard InChI is InChI=1S/C30H32N4O3/c1-3-8-22(20-35)9-7-12-28(36)27-19-34-30(21(27)2)29(23(17-31)18-32-34)33-24-13-15-26(16-14-24)37-25-10-5-4-6-11-25/h4-6,10-11,13-16,18-19,22,33,35H,3,7-9,12,20H2,1-2H3. The van der Waals surface area contributed by atoms with E-state index in [9.17, 15) is 15.2 Å². The predicted molar refractivity (Wildman–Crippen MR) is 145 cm³/mol. The van der Waals surface area contributed by atoms with Gasteiger partial charge in [-0.25, -0.2) is 4.52 Å². The van der Waals surface area contributed by atoms with E-state index in [2.05, 4.69) is 23.4 Å². The number of rotatable bonds is 12. The highest BCUT2D eigenvalue weighted by molar-refractivity contribution is 6.01. The summed E-state index contributed by atoms with van der Waals surface area (Å²) in [5.41, 5.74) is 3.87. The van der Waals surface area contributed by atoms with E-state index in [-0.39, 0.29) is 18.3 Å². The maximum atomic E-state index is 13.1. The minimum absolute atomic E-state index is 0.0445. The number of ketones is 1. The molecule has 190 valence electrons. The third-order valence-electron chi connectivity index (χ3n) is 6.55. The molecule has 7 nitrogen and oxygen atoms in total. The molecule has 0 saturated carbocycles. The summed E-state index contributed by atoms with van der Waals surface area (Å²) in [6, 6.07) is 19.3. The molecule has 1 unspecified atom stereocenters. The summed E-state index contributed by atoms with van der Waals surface area (Å²) in [6.45, 7) is 4.15. The van der Waals surface area contributed by atoms with Gasteiger partial charge >= 0.3 is 0 Å². The van der Waals surface area contributed by atoms with Crippen LogP contribution in [0.1, 0.15) is 60.5 Å². The van der Waals surface area contributed by atoms with Gasteiger partial charge in [-0.05, 0) is 74.1 Å². The normalized spacial score (nSPS) is 11.7. The SMILES string of the molecule is CCCC(CO)CCCC(=O)c1cn2ncc(C#N)c(Nc3ccc(Oc4ccccc4)cc3)c2c1C. The van der Waals surface area contributed by atoms with Crippen LogP contribution in [-0.4, -0.2) is 27.1 Å². The first kappa shape index (κ1) is 25.9. The number of fused-ring (bicyclic) bond motifs is 1. The Labute approximate surface area is 217 Å². The van der Waals surface area contributed by atoms with Gasteiger partial charge in [0.25, 0.3) is 0 Å². The van der Waals surface area contributed by atoms with E-state index in [1.165, 1.54) is 6.20 Å². The second-order valence-corrected chi connectivity index (χ2v) is 9.22. The molecule has 2 N–H and O–H groups in total. The third kappa shape index (κ3) is 6.16. The molecule has 0 bridgehead atoms. The van der Waals surface area contributed by atoms with Gasteiger partial charge in [-0.3, -0.25) is 4.79 Å². The number of aromatic nitrogens is 2. The van der Waals surface area contributed by atoms with Crippen molar-refractivity contribution in [2.45, 2.75) is 46.0 Å². The molecule has 0 aliphatic heterocycles. The summed E-state index contributed by atoms with van der Waals surface area (Å²) in [4.78, 5) is 13.1. The van der Waals surface area contributed by atoms with E-state index in [0.29, 0.717) is 34.5 Å². The Balaban J connectivity index is 1.54. The molecule has 1 atom stereocenters. The molecule has 2 aromatic heterocycles. The Bertz CT molecular complexity index is 1390. The number of carbonyl (C=O) groups excluding carboxylic acids is 1. The van der Waals surface area contributed by atoms with Gasteiger partial charge in [-0.15, -0.1) is 0 Å². The van der Waals surface area contributed by atoms with Crippen molar-refractivity contribution in [2.75, 3.05) is 11.9 Å². The van der Waals surface area contributed by atoms with Crippen molar-refractivity contribution in [1.29, 1.82) is 5.26 Å².